The number of benzene rings is 2. The number of nitrogen functional groups attached to an aromatic ring is 1. The fraction of sp³-hybridized carbons (Fsp3) is 0. The molecule has 1 aliphatic heterocycles. The lowest BCUT2D eigenvalue weighted by Gasteiger charge is -2.07. The van der Waals surface area contributed by atoms with Gasteiger partial charge in [-0.05, 0) is 24.3 Å². The Bertz CT molecular complexity index is 700. The van der Waals surface area contributed by atoms with E-state index in [1.165, 1.54) is 0 Å². The maximum absolute atomic E-state index is 7.88. The fourth-order valence-electron chi connectivity index (χ4n) is 1.82. The van der Waals surface area contributed by atoms with Gasteiger partial charge in [0.05, 0.1) is 11.0 Å². The van der Waals surface area contributed by atoms with Crippen LogP contribution in [0.3, 0.4) is 0 Å². The van der Waals surface area contributed by atoms with Gasteiger partial charge in [-0.15, -0.1) is 0 Å². The summed E-state index contributed by atoms with van der Waals surface area (Å²) in [6, 6.07) is 13.2. The molecule has 0 bridgehead atoms. The molecule has 3 rings (SSSR count). The summed E-state index contributed by atoms with van der Waals surface area (Å²) in [5.41, 5.74) is 7.74. The molecule has 0 radical (unpaired) electrons. The molecule has 1 heterocycles. The van der Waals surface area contributed by atoms with Crippen molar-refractivity contribution in [2.24, 2.45) is 0 Å². The molecule has 78 valence electrons. The Morgan fingerprint density at radius 3 is 2.75 bits per heavy atom. The second kappa shape index (κ2) is 3.10. The summed E-state index contributed by atoms with van der Waals surface area (Å²) in [6.45, 7) is 0. The summed E-state index contributed by atoms with van der Waals surface area (Å²) in [7, 11) is 0. The third-order valence-electron chi connectivity index (χ3n) is 2.68. The van der Waals surface area contributed by atoms with E-state index < -0.39 is 0 Å². The van der Waals surface area contributed by atoms with Crippen molar-refractivity contribution < 1.29 is 4.42 Å². The Morgan fingerprint density at radius 2 is 1.88 bits per heavy atom. The summed E-state index contributed by atoms with van der Waals surface area (Å²) in [6.07, 6.45) is 0. The largest absolute Gasteiger partial charge is 0.456 e. The molecule has 3 nitrogen and oxygen atoms in total. The van der Waals surface area contributed by atoms with E-state index in [1.54, 1.807) is 12.1 Å². The first-order chi connectivity index (χ1) is 7.75. The van der Waals surface area contributed by atoms with Crippen molar-refractivity contribution in [2.75, 3.05) is 5.73 Å². The van der Waals surface area contributed by atoms with Crippen LogP contribution in [-0.4, -0.2) is 0 Å². The first-order valence-corrected chi connectivity index (χ1v) is 5.01. The molecule has 0 fully saturated rings. The lowest BCUT2D eigenvalue weighted by atomic mass is 10.1. The van der Waals surface area contributed by atoms with E-state index in [1.807, 2.05) is 30.3 Å². The molecule has 0 aromatic heterocycles. The summed E-state index contributed by atoms with van der Waals surface area (Å²) in [5, 5.41) is 9.19. The molecule has 0 saturated heterocycles. The SMILES string of the molecule is N=c1c(N)ccc2oc3ccccc3cc1-2. The summed E-state index contributed by atoms with van der Waals surface area (Å²) in [5.74, 6) is 0.693. The molecular formula is C13H10N2O. The maximum atomic E-state index is 7.88. The van der Waals surface area contributed by atoms with Crippen LogP contribution >= 0.6 is 0 Å². The number of para-hydroxylation sites is 1. The molecular weight excluding hydrogens is 200 g/mol. The van der Waals surface area contributed by atoms with Crippen molar-refractivity contribution in [3.05, 3.63) is 47.8 Å². The predicted octanol–water partition coefficient (Wildman–Crippen LogP) is 2.60. The number of nitrogens with two attached hydrogens (primary N) is 1. The van der Waals surface area contributed by atoms with Crippen LogP contribution in [0.15, 0.2) is 46.9 Å². The molecule has 16 heavy (non-hydrogen) atoms. The normalized spacial score (nSPS) is 11.0. The van der Waals surface area contributed by atoms with Crippen molar-refractivity contribution in [3.63, 3.8) is 0 Å². The van der Waals surface area contributed by atoms with Crippen LogP contribution in [0.1, 0.15) is 0 Å². The van der Waals surface area contributed by atoms with Gasteiger partial charge in [0.15, 0.2) is 0 Å². The van der Waals surface area contributed by atoms with Gasteiger partial charge in [-0.1, -0.05) is 18.2 Å². The van der Waals surface area contributed by atoms with Crippen molar-refractivity contribution in [3.8, 4) is 11.3 Å². The topological polar surface area (TPSA) is 63.0 Å². The van der Waals surface area contributed by atoms with Crippen LogP contribution in [0.5, 0.6) is 0 Å². The minimum atomic E-state index is 0.326. The Morgan fingerprint density at radius 1 is 1.06 bits per heavy atom. The van der Waals surface area contributed by atoms with Crippen LogP contribution in [0.2, 0.25) is 0 Å². The quantitative estimate of drug-likeness (QED) is 0.442. The van der Waals surface area contributed by atoms with Gasteiger partial charge in [-0.3, -0.25) is 5.41 Å². The van der Waals surface area contributed by atoms with E-state index in [9.17, 15) is 0 Å². The first-order valence-electron chi connectivity index (χ1n) is 5.01. The fourth-order valence-corrected chi connectivity index (χ4v) is 1.82. The average molecular weight is 210 g/mol. The van der Waals surface area contributed by atoms with E-state index in [0.29, 0.717) is 16.8 Å². The van der Waals surface area contributed by atoms with Crippen LogP contribution < -0.4 is 11.1 Å². The Hall–Kier alpha value is -2.29. The number of nitrogens with one attached hydrogen (secondary N) is 1. The highest BCUT2D eigenvalue weighted by molar-refractivity contribution is 5.83. The molecule has 3 N–H and O–H groups in total. The third kappa shape index (κ3) is 1.18. The van der Waals surface area contributed by atoms with E-state index in [-0.39, 0.29) is 0 Å². The first kappa shape index (κ1) is 8.97. The Labute approximate surface area is 92.0 Å². The molecule has 1 aromatic rings. The number of hydrogen-bond acceptors (Lipinski definition) is 3. The molecule has 0 amide bonds. The van der Waals surface area contributed by atoms with E-state index in [4.69, 9.17) is 15.6 Å². The van der Waals surface area contributed by atoms with Gasteiger partial charge in [0.1, 0.15) is 11.3 Å². The third-order valence-corrected chi connectivity index (χ3v) is 2.68. The summed E-state index contributed by atoms with van der Waals surface area (Å²) >= 11 is 0. The smallest absolute Gasteiger partial charge is 0.137 e. The number of anilines is 1. The molecule has 0 unspecified atom stereocenters. The zero-order valence-corrected chi connectivity index (χ0v) is 8.53. The van der Waals surface area contributed by atoms with Crippen molar-refractivity contribution >= 4 is 16.7 Å². The standard InChI is InChI=1S/C13H10N2O/c14-10-5-6-12-9(13(10)15)7-8-3-1-2-4-11(8)16-12/h1-7,15H,14H2. The van der Waals surface area contributed by atoms with E-state index >= 15 is 0 Å². The monoisotopic (exact) mass is 210 g/mol. The molecule has 0 spiro atoms. The maximum Gasteiger partial charge on any atom is 0.137 e. The van der Waals surface area contributed by atoms with Gasteiger partial charge in [0.25, 0.3) is 0 Å². The van der Waals surface area contributed by atoms with Gasteiger partial charge in [-0.2, -0.15) is 0 Å². The van der Waals surface area contributed by atoms with E-state index in [2.05, 4.69) is 0 Å². The minimum absolute atomic E-state index is 0.326. The predicted molar refractivity (Wildman–Crippen MR) is 63.1 cm³/mol. The van der Waals surface area contributed by atoms with Crippen molar-refractivity contribution in [1.82, 2.24) is 0 Å². The van der Waals surface area contributed by atoms with Crippen LogP contribution in [-0.2, 0) is 0 Å². The highest BCUT2D eigenvalue weighted by Gasteiger charge is 2.09. The van der Waals surface area contributed by atoms with Gasteiger partial charge in [0.2, 0.25) is 0 Å². The minimum Gasteiger partial charge on any atom is -0.456 e. The zero-order valence-electron chi connectivity index (χ0n) is 8.53. The van der Waals surface area contributed by atoms with Gasteiger partial charge < -0.3 is 10.2 Å². The van der Waals surface area contributed by atoms with Crippen LogP contribution in [0, 0.1) is 5.41 Å². The number of fused-ring (bicyclic) bond motifs is 2. The van der Waals surface area contributed by atoms with Crippen LogP contribution in [0.4, 0.5) is 5.69 Å². The molecule has 0 atom stereocenters. The van der Waals surface area contributed by atoms with Crippen LogP contribution in [0.25, 0.3) is 22.3 Å². The lowest BCUT2D eigenvalue weighted by Crippen LogP contribution is -2.10. The number of hydrogen-bond donors (Lipinski definition) is 2. The second-order valence-electron chi connectivity index (χ2n) is 3.73. The Balaban J connectivity index is 2.53. The Kier molecular flexibility index (Phi) is 1.74. The van der Waals surface area contributed by atoms with E-state index in [0.717, 1.165) is 16.5 Å². The summed E-state index contributed by atoms with van der Waals surface area (Å²) in [4.78, 5) is 0. The molecule has 1 aliphatic carbocycles. The highest BCUT2D eigenvalue weighted by atomic mass is 16.3. The summed E-state index contributed by atoms with van der Waals surface area (Å²) < 4.78 is 5.71. The molecule has 1 aromatic carbocycles. The number of rotatable bonds is 0. The lowest BCUT2D eigenvalue weighted by molar-refractivity contribution is 0.618. The molecule has 2 aliphatic rings. The van der Waals surface area contributed by atoms with Crippen molar-refractivity contribution in [1.29, 1.82) is 5.41 Å². The van der Waals surface area contributed by atoms with Gasteiger partial charge in [-0.25, -0.2) is 0 Å². The highest BCUT2D eigenvalue weighted by Crippen LogP contribution is 2.25. The average Bonchev–Trinajstić information content (AvgIpc) is 2.32. The zero-order chi connectivity index (χ0) is 11.1. The van der Waals surface area contributed by atoms with Gasteiger partial charge >= 0.3 is 0 Å². The molecule has 3 heteroatoms. The molecule has 0 saturated carbocycles. The van der Waals surface area contributed by atoms with Gasteiger partial charge in [0, 0.05) is 10.9 Å². The second-order valence-corrected chi connectivity index (χ2v) is 3.73. The van der Waals surface area contributed by atoms with Crippen molar-refractivity contribution in [2.45, 2.75) is 0 Å².